The van der Waals surface area contributed by atoms with Crippen LogP contribution < -0.4 is 4.98 Å². The van der Waals surface area contributed by atoms with Gasteiger partial charge < -0.3 is 15.1 Å². The van der Waals surface area contributed by atoms with E-state index in [1.165, 1.54) is 19.9 Å². The first kappa shape index (κ1) is 19.3. The zero-order chi connectivity index (χ0) is 15.1. The maximum Gasteiger partial charge on any atom is 0.155 e. The van der Waals surface area contributed by atoms with Gasteiger partial charge in [-0.2, -0.15) is 0 Å². The molecule has 1 N–H and O–H groups in total. The summed E-state index contributed by atoms with van der Waals surface area (Å²) in [6, 6.07) is 5.73. The molecular weight excluding hydrogens is 449 g/mol. The fourth-order valence-corrected chi connectivity index (χ4v) is 1.41. The molecule has 0 atom stereocenters. The van der Waals surface area contributed by atoms with Crippen molar-refractivity contribution in [2.45, 2.75) is 27.7 Å². The van der Waals surface area contributed by atoms with Crippen LogP contribution in [-0.4, -0.2) is 20.9 Å². The number of aliphatic hydroxyl groups excluding tert-OH is 1. The van der Waals surface area contributed by atoms with E-state index in [9.17, 15) is 4.79 Å². The van der Waals surface area contributed by atoms with Crippen LogP contribution in [0.2, 0.25) is 0 Å². The second-order valence-electron chi connectivity index (χ2n) is 4.33. The summed E-state index contributed by atoms with van der Waals surface area (Å²) in [5.41, 5.74) is 2.78. The average Bonchev–Trinajstić information content (AvgIpc) is 2.70. The van der Waals surface area contributed by atoms with Gasteiger partial charge in [0.15, 0.2) is 5.78 Å². The van der Waals surface area contributed by atoms with E-state index in [1.807, 2.05) is 32.0 Å². The third-order valence-corrected chi connectivity index (χ3v) is 2.38. The second kappa shape index (κ2) is 9.24. The van der Waals surface area contributed by atoms with Crippen molar-refractivity contribution in [3.63, 3.8) is 0 Å². The Morgan fingerprint density at radius 2 is 1.95 bits per heavy atom. The predicted octanol–water partition coefficient (Wildman–Crippen LogP) is 2.75. The molecule has 0 saturated heterocycles. The number of aromatic nitrogens is 3. The minimum atomic E-state index is -0.125. The number of nitrogens with zero attached hydrogens (tertiary/aromatic N) is 3. The van der Waals surface area contributed by atoms with Crippen LogP contribution in [0.15, 0.2) is 36.2 Å². The van der Waals surface area contributed by atoms with Crippen LogP contribution >= 0.6 is 0 Å². The Kier molecular flexibility index (Phi) is 8.47. The number of rotatable bonds is 2. The second-order valence-corrected chi connectivity index (χ2v) is 4.33. The summed E-state index contributed by atoms with van der Waals surface area (Å²) in [5, 5.41) is 8.36. The van der Waals surface area contributed by atoms with Gasteiger partial charge in [0.1, 0.15) is 0 Å². The number of aryl methyl sites for hydroxylation is 2. The molecule has 2 aromatic heterocycles. The largest absolute Gasteiger partial charge is 0.512 e. The Morgan fingerprint density at radius 3 is 2.29 bits per heavy atom. The van der Waals surface area contributed by atoms with Gasteiger partial charge in [0.25, 0.3) is 0 Å². The Morgan fingerprint density at radius 1 is 1.29 bits per heavy atom. The summed E-state index contributed by atoms with van der Waals surface area (Å²) >= 11 is 0. The molecule has 0 unspecified atom stereocenters. The molecule has 0 aliphatic heterocycles. The van der Waals surface area contributed by atoms with Gasteiger partial charge in [0.05, 0.1) is 11.5 Å². The standard InChI is InChI=1S/C10H10N3.C5H8O2.Pt/c1-7-8(2)13-10(12-7)9-5-3-4-6-11-9;1-4(6)3-5(2)7;/h3-6H,1-2H3;3,6H,1-2H3;/q-1;;/b;4-3-;. The van der Waals surface area contributed by atoms with E-state index >= 15 is 0 Å². The molecule has 0 spiro atoms. The number of pyridine rings is 1. The number of hydrogen-bond donors (Lipinski definition) is 1. The van der Waals surface area contributed by atoms with Crippen LogP contribution in [0.3, 0.4) is 0 Å². The van der Waals surface area contributed by atoms with Gasteiger partial charge in [-0.3, -0.25) is 9.78 Å². The monoisotopic (exact) mass is 467 g/mol. The minimum absolute atomic E-state index is 0. The molecule has 116 valence electrons. The number of hydrogen-bond acceptors (Lipinski definition) is 4. The van der Waals surface area contributed by atoms with Crippen molar-refractivity contribution in [1.82, 2.24) is 15.0 Å². The molecule has 0 bridgehead atoms. The first-order valence-electron chi connectivity index (χ1n) is 6.17. The van der Waals surface area contributed by atoms with E-state index in [1.54, 1.807) is 6.20 Å². The number of carbonyl (C=O) groups excluding carboxylic acids is 1. The number of ketones is 1. The van der Waals surface area contributed by atoms with Crippen molar-refractivity contribution in [3.05, 3.63) is 47.6 Å². The van der Waals surface area contributed by atoms with Crippen molar-refractivity contribution >= 4 is 5.78 Å². The first-order chi connectivity index (χ1) is 9.40. The SMILES string of the molecule is CC(=O)/C=C(/C)O.Cc1nc(-c2ccccn2)[n-]c1C.[Pt]. The summed E-state index contributed by atoms with van der Waals surface area (Å²) in [7, 11) is 0. The summed E-state index contributed by atoms with van der Waals surface area (Å²) < 4.78 is 0. The molecule has 2 heterocycles. The zero-order valence-corrected chi connectivity index (χ0v) is 14.7. The molecule has 6 heteroatoms. The van der Waals surface area contributed by atoms with Crippen LogP contribution in [0.4, 0.5) is 0 Å². The van der Waals surface area contributed by atoms with Crippen molar-refractivity contribution in [2.24, 2.45) is 0 Å². The predicted molar refractivity (Wildman–Crippen MR) is 77.3 cm³/mol. The van der Waals surface area contributed by atoms with Crippen molar-refractivity contribution in [3.8, 4) is 11.5 Å². The van der Waals surface area contributed by atoms with Crippen molar-refractivity contribution in [2.75, 3.05) is 0 Å². The Balaban J connectivity index is 0.000000436. The molecule has 2 rings (SSSR count). The van der Waals surface area contributed by atoms with Gasteiger partial charge in [0, 0.05) is 33.3 Å². The van der Waals surface area contributed by atoms with E-state index in [0.29, 0.717) is 0 Å². The average molecular weight is 467 g/mol. The van der Waals surface area contributed by atoms with E-state index in [0.717, 1.165) is 22.9 Å². The summed E-state index contributed by atoms with van der Waals surface area (Å²) in [6.07, 6.45) is 2.91. The molecule has 0 radical (unpaired) electrons. The van der Waals surface area contributed by atoms with E-state index < -0.39 is 0 Å². The van der Waals surface area contributed by atoms with Crippen molar-refractivity contribution < 1.29 is 31.0 Å². The summed E-state index contributed by atoms with van der Waals surface area (Å²) in [4.78, 5) is 22.8. The third kappa shape index (κ3) is 7.00. The minimum Gasteiger partial charge on any atom is -0.512 e. The van der Waals surface area contributed by atoms with Crippen LogP contribution in [0.1, 0.15) is 25.2 Å². The Labute approximate surface area is 138 Å². The fraction of sp³-hybridized carbons (Fsp3) is 0.267. The smallest absolute Gasteiger partial charge is 0.155 e. The first-order valence-corrected chi connectivity index (χ1v) is 6.17. The van der Waals surface area contributed by atoms with Gasteiger partial charge >= 0.3 is 0 Å². The van der Waals surface area contributed by atoms with Gasteiger partial charge in [-0.05, 0) is 45.7 Å². The number of aliphatic hydroxyl groups is 1. The maximum atomic E-state index is 10.0. The maximum absolute atomic E-state index is 10.0. The number of allylic oxidation sites excluding steroid dienone is 2. The molecule has 0 fully saturated rings. The van der Waals surface area contributed by atoms with Crippen LogP contribution in [0.5, 0.6) is 0 Å². The summed E-state index contributed by atoms with van der Waals surface area (Å²) in [5.74, 6) is 0.656. The van der Waals surface area contributed by atoms with E-state index in [-0.39, 0.29) is 32.6 Å². The van der Waals surface area contributed by atoms with Gasteiger partial charge in [-0.1, -0.05) is 17.5 Å². The van der Waals surface area contributed by atoms with Gasteiger partial charge in [0.2, 0.25) is 0 Å². The number of imidazole rings is 1. The van der Waals surface area contributed by atoms with Crippen LogP contribution in [0.25, 0.3) is 11.5 Å². The Bertz CT molecular complexity index is 583. The molecule has 0 aliphatic rings. The molecule has 21 heavy (non-hydrogen) atoms. The molecule has 0 aromatic carbocycles. The molecule has 0 aliphatic carbocycles. The molecule has 5 nitrogen and oxygen atoms in total. The van der Waals surface area contributed by atoms with Crippen LogP contribution in [-0.2, 0) is 25.9 Å². The van der Waals surface area contributed by atoms with E-state index in [2.05, 4.69) is 15.0 Å². The van der Waals surface area contributed by atoms with Gasteiger partial charge in [-0.15, -0.1) is 0 Å². The molecule has 0 amide bonds. The van der Waals surface area contributed by atoms with Crippen LogP contribution in [0, 0.1) is 13.8 Å². The Hall–Kier alpha value is -1.74. The third-order valence-electron chi connectivity index (χ3n) is 2.38. The summed E-state index contributed by atoms with van der Waals surface area (Å²) in [6.45, 7) is 6.75. The van der Waals surface area contributed by atoms with Crippen molar-refractivity contribution in [1.29, 1.82) is 0 Å². The van der Waals surface area contributed by atoms with Gasteiger partial charge in [-0.25, -0.2) is 0 Å². The molecule has 2 aromatic rings. The molecular formula is C15H18N3O2Pt-. The normalized spacial score (nSPS) is 10.2. The zero-order valence-electron chi connectivity index (χ0n) is 12.4. The van der Waals surface area contributed by atoms with E-state index in [4.69, 9.17) is 5.11 Å². The molecule has 0 saturated carbocycles. The topological polar surface area (TPSA) is 77.2 Å². The fourth-order valence-electron chi connectivity index (χ4n) is 1.41. The number of carbonyl (C=O) groups is 1. The quantitative estimate of drug-likeness (QED) is 0.543.